The van der Waals surface area contributed by atoms with Crippen molar-refractivity contribution < 1.29 is 4.74 Å². The predicted octanol–water partition coefficient (Wildman–Crippen LogP) is 4.14. The number of pyridine rings is 1. The lowest BCUT2D eigenvalue weighted by molar-refractivity contribution is 0.139. The average Bonchev–Trinajstić information content (AvgIpc) is 2.93. The summed E-state index contributed by atoms with van der Waals surface area (Å²) in [6.07, 6.45) is 5.55. The predicted molar refractivity (Wildman–Crippen MR) is 114 cm³/mol. The molecule has 148 valence electrons. The van der Waals surface area contributed by atoms with Gasteiger partial charge >= 0.3 is 0 Å². The first kappa shape index (κ1) is 21.7. The molecule has 0 aliphatic carbocycles. The highest BCUT2D eigenvalue weighted by molar-refractivity contribution is 5.85. The molecule has 2 aromatic rings. The normalized spacial score (nSPS) is 17.2. The molecular formula is C22H32ClN3O. The molecule has 1 saturated heterocycles. The van der Waals surface area contributed by atoms with E-state index in [1.54, 1.807) is 0 Å². The summed E-state index contributed by atoms with van der Waals surface area (Å²) in [4.78, 5) is 7.09. The van der Waals surface area contributed by atoms with Crippen LogP contribution in [0.15, 0.2) is 42.6 Å². The first-order valence-corrected chi connectivity index (χ1v) is 9.78. The Morgan fingerprint density at radius 1 is 1.07 bits per heavy atom. The Labute approximate surface area is 169 Å². The molecule has 1 aliphatic rings. The number of hydrogen-bond donors (Lipinski definition) is 1. The van der Waals surface area contributed by atoms with Gasteiger partial charge in [0.1, 0.15) is 12.4 Å². The number of nitrogens with one attached hydrogen (secondary N) is 1. The van der Waals surface area contributed by atoms with Crippen molar-refractivity contribution >= 4 is 12.4 Å². The van der Waals surface area contributed by atoms with E-state index in [0.717, 1.165) is 37.6 Å². The number of hydrogen-bond acceptors (Lipinski definition) is 4. The standard InChI is InChI=1S/C22H31N3O.ClH/c1-18-7-5-8-19(2)22(18)26-16-15-25(17-20-9-3-4-13-24-20)21-10-6-12-23-14-11-21;/h3-5,7-9,13,21,23H,6,10-12,14-17H2,1-2H3;1H. The largest absolute Gasteiger partial charge is 0.492 e. The number of rotatable bonds is 7. The average molecular weight is 390 g/mol. The van der Waals surface area contributed by atoms with Gasteiger partial charge in [-0.15, -0.1) is 12.4 Å². The minimum Gasteiger partial charge on any atom is -0.492 e. The molecule has 0 bridgehead atoms. The molecule has 2 heterocycles. The number of nitrogens with zero attached hydrogens (tertiary/aromatic N) is 2. The van der Waals surface area contributed by atoms with Crippen LogP contribution in [-0.2, 0) is 6.54 Å². The zero-order chi connectivity index (χ0) is 18.2. The molecule has 3 rings (SSSR count). The van der Waals surface area contributed by atoms with Crippen molar-refractivity contribution in [1.82, 2.24) is 15.2 Å². The molecule has 4 nitrogen and oxygen atoms in total. The van der Waals surface area contributed by atoms with E-state index in [0.29, 0.717) is 12.6 Å². The number of aryl methyl sites for hydroxylation is 2. The third-order valence-corrected chi connectivity index (χ3v) is 5.19. The fourth-order valence-corrected chi connectivity index (χ4v) is 3.75. The van der Waals surface area contributed by atoms with Gasteiger partial charge in [0.25, 0.3) is 0 Å². The smallest absolute Gasteiger partial charge is 0.125 e. The molecule has 0 amide bonds. The van der Waals surface area contributed by atoms with Crippen molar-refractivity contribution in [3.63, 3.8) is 0 Å². The molecule has 27 heavy (non-hydrogen) atoms. The van der Waals surface area contributed by atoms with Crippen LogP contribution in [-0.4, -0.2) is 42.2 Å². The summed E-state index contributed by atoms with van der Waals surface area (Å²) in [7, 11) is 0. The van der Waals surface area contributed by atoms with Gasteiger partial charge in [-0.2, -0.15) is 0 Å². The van der Waals surface area contributed by atoms with E-state index >= 15 is 0 Å². The summed E-state index contributed by atoms with van der Waals surface area (Å²) in [5.41, 5.74) is 3.55. The lowest BCUT2D eigenvalue weighted by Crippen LogP contribution is -2.38. The summed E-state index contributed by atoms with van der Waals surface area (Å²) in [5.74, 6) is 1.04. The summed E-state index contributed by atoms with van der Waals surface area (Å²) in [6, 6.07) is 13.1. The van der Waals surface area contributed by atoms with Gasteiger partial charge in [0, 0.05) is 25.3 Å². The lowest BCUT2D eigenvalue weighted by atomic mass is 10.1. The second-order valence-electron chi connectivity index (χ2n) is 7.20. The van der Waals surface area contributed by atoms with Gasteiger partial charge in [-0.3, -0.25) is 9.88 Å². The summed E-state index contributed by atoms with van der Waals surface area (Å²) in [5, 5.41) is 3.52. The van der Waals surface area contributed by atoms with Crippen molar-refractivity contribution in [2.24, 2.45) is 0 Å². The highest BCUT2D eigenvalue weighted by atomic mass is 35.5. The zero-order valence-electron chi connectivity index (χ0n) is 16.5. The van der Waals surface area contributed by atoms with E-state index < -0.39 is 0 Å². The van der Waals surface area contributed by atoms with Gasteiger partial charge in [-0.25, -0.2) is 0 Å². The molecular weight excluding hydrogens is 358 g/mol. The molecule has 1 aromatic heterocycles. The molecule has 1 fully saturated rings. The van der Waals surface area contributed by atoms with Gasteiger partial charge in [0.15, 0.2) is 0 Å². The van der Waals surface area contributed by atoms with Crippen LogP contribution in [0, 0.1) is 13.8 Å². The Morgan fingerprint density at radius 2 is 1.89 bits per heavy atom. The van der Waals surface area contributed by atoms with Gasteiger partial charge in [0.2, 0.25) is 0 Å². The molecule has 5 heteroatoms. The van der Waals surface area contributed by atoms with Crippen LogP contribution < -0.4 is 10.1 Å². The number of aromatic nitrogens is 1. The summed E-state index contributed by atoms with van der Waals surface area (Å²) in [6.45, 7) is 8.99. The summed E-state index contributed by atoms with van der Waals surface area (Å²) < 4.78 is 6.18. The lowest BCUT2D eigenvalue weighted by Gasteiger charge is -2.31. The highest BCUT2D eigenvalue weighted by Gasteiger charge is 2.20. The third-order valence-electron chi connectivity index (χ3n) is 5.19. The number of para-hydroxylation sites is 1. The van der Waals surface area contributed by atoms with E-state index in [1.165, 1.54) is 30.4 Å². The minimum atomic E-state index is 0. The SMILES string of the molecule is Cc1cccc(C)c1OCCN(Cc1ccccn1)C1CCCNCC1.Cl. The van der Waals surface area contributed by atoms with Crippen molar-refractivity contribution in [1.29, 1.82) is 0 Å². The van der Waals surface area contributed by atoms with Crippen LogP contribution in [0.4, 0.5) is 0 Å². The van der Waals surface area contributed by atoms with Crippen LogP contribution in [0.25, 0.3) is 0 Å². The molecule has 1 N–H and O–H groups in total. The highest BCUT2D eigenvalue weighted by Crippen LogP contribution is 2.23. The molecule has 1 aliphatic heterocycles. The van der Waals surface area contributed by atoms with Crippen LogP contribution >= 0.6 is 12.4 Å². The fraction of sp³-hybridized carbons (Fsp3) is 0.500. The minimum absolute atomic E-state index is 0. The van der Waals surface area contributed by atoms with Crippen LogP contribution in [0.2, 0.25) is 0 Å². The fourth-order valence-electron chi connectivity index (χ4n) is 3.75. The van der Waals surface area contributed by atoms with E-state index in [2.05, 4.69) is 59.4 Å². The van der Waals surface area contributed by atoms with Crippen LogP contribution in [0.5, 0.6) is 5.75 Å². The van der Waals surface area contributed by atoms with Gasteiger partial charge in [0.05, 0.1) is 5.69 Å². The van der Waals surface area contributed by atoms with E-state index in [4.69, 9.17) is 4.74 Å². The van der Waals surface area contributed by atoms with Crippen molar-refractivity contribution in [2.75, 3.05) is 26.2 Å². The topological polar surface area (TPSA) is 37.4 Å². The number of ether oxygens (including phenoxy) is 1. The Kier molecular flexibility index (Phi) is 9.05. The van der Waals surface area contributed by atoms with Crippen molar-refractivity contribution in [3.8, 4) is 5.75 Å². The van der Waals surface area contributed by atoms with E-state index in [-0.39, 0.29) is 12.4 Å². The molecule has 1 aromatic carbocycles. The Hall–Kier alpha value is -1.62. The molecule has 0 radical (unpaired) electrons. The van der Waals surface area contributed by atoms with Gasteiger partial charge in [-0.05, 0) is 69.5 Å². The van der Waals surface area contributed by atoms with Crippen molar-refractivity contribution in [3.05, 3.63) is 59.4 Å². The van der Waals surface area contributed by atoms with Gasteiger partial charge in [-0.1, -0.05) is 24.3 Å². The second-order valence-corrected chi connectivity index (χ2v) is 7.20. The number of halogens is 1. The first-order valence-electron chi connectivity index (χ1n) is 9.78. The number of benzene rings is 1. The Balaban J connectivity index is 0.00000261. The van der Waals surface area contributed by atoms with E-state index in [1.807, 2.05) is 12.3 Å². The molecule has 1 unspecified atom stereocenters. The zero-order valence-corrected chi connectivity index (χ0v) is 17.3. The third kappa shape index (κ3) is 6.49. The summed E-state index contributed by atoms with van der Waals surface area (Å²) >= 11 is 0. The monoisotopic (exact) mass is 389 g/mol. The van der Waals surface area contributed by atoms with Crippen LogP contribution in [0.1, 0.15) is 36.1 Å². The maximum Gasteiger partial charge on any atom is 0.125 e. The maximum atomic E-state index is 6.18. The first-order chi connectivity index (χ1) is 12.7. The second kappa shape index (κ2) is 11.3. The molecule has 0 spiro atoms. The molecule has 0 saturated carbocycles. The van der Waals surface area contributed by atoms with Crippen molar-refractivity contribution in [2.45, 2.75) is 45.7 Å². The quantitative estimate of drug-likeness (QED) is 0.772. The molecule has 1 atom stereocenters. The maximum absolute atomic E-state index is 6.18. The van der Waals surface area contributed by atoms with E-state index in [9.17, 15) is 0 Å². The van der Waals surface area contributed by atoms with Gasteiger partial charge < -0.3 is 10.1 Å². The Morgan fingerprint density at radius 3 is 2.63 bits per heavy atom. The van der Waals surface area contributed by atoms with Crippen LogP contribution in [0.3, 0.4) is 0 Å². The Bertz CT molecular complexity index is 652.